The van der Waals surface area contributed by atoms with E-state index in [9.17, 15) is 4.79 Å². The first kappa shape index (κ1) is 16.3. The number of benzene rings is 1. The van der Waals surface area contributed by atoms with Gasteiger partial charge in [-0.05, 0) is 38.0 Å². The summed E-state index contributed by atoms with van der Waals surface area (Å²) in [6, 6.07) is 5.33. The Bertz CT molecular complexity index is 432. The van der Waals surface area contributed by atoms with Gasteiger partial charge < -0.3 is 15.8 Å². The molecule has 1 aromatic carbocycles. The summed E-state index contributed by atoms with van der Waals surface area (Å²) in [7, 11) is 0. The molecule has 1 atom stereocenters. The zero-order chi connectivity index (χ0) is 15.0. The lowest BCUT2D eigenvalue weighted by atomic mass is 10.1. The second kappa shape index (κ2) is 8.46. The summed E-state index contributed by atoms with van der Waals surface area (Å²) in [5, 5.41) is 2.93. The van der Waals surface area contributed by atoms with Crippen LogP contribution in [0.5, 0.6) is 5.75 Å². The maximum atomic E-state index is 12.0. The van der Waals surface area contributed by atoms with Crippen molar-refractivity contribution in [1.29, 1.82) is 0 Å². The summed E-state index contributed by atoms with van der Waals surface area (Å²) in [6.45, 7) is 6.80. The van der Waals surface area contributed by atoms with Crippen LogP contribution in [0.4, 0.5) is 5.69 Å². The molecule has 0 saturated heterocycles. The minimum absolute atomic E-state index is 0.0854. The average molecular weight is 278 g/mol. The molecule has 0 saturated carbocycles. The first-order chi connectivity index (χ1) is 9.58. The minimum atomic E-state index is -0.0854. The van der Waals surface area contributed by atoms with Gasteiger partial charge in [0.05, 0.1) is 12.3 Å². The molecule has 1 unspecified atom stereocenters. The maximum absolute atomic E-state index is 12.0. The Morgan fingerprint density at radius 3 is 2.75 bits per heavy atom. The Balaban J connectivity index is 2.67. The molecule has 0 aliphatic heterocycles. The van der Waals surface area contributed by atoms with Crippen LogP contribution in [0.3, 0.4) is 0 Å². The summed E-state index contributed by atoms with van der Waals surface area (Å²) in [5.41, 5.74) is 7.03. The van der Waals surface area contributed by atoms with Crippen LogP contribution < -0.4 is 15.8 Å². The van der Waals surface area contributed by atoms with Gasteiger partial charge in [0.15, 0.2) is 0 Å². The highest BCUT2D eigenvalue weighted by atomic mass is 16.5. The molecule has 0 fully saturated rings. The summed E-state index contributed by atoms with van der Waals surface area (Å²) in [4.78, 5) is 12.0. The van der Waals surface area contributed by atoms with Crippen molar-refractivity contribution >= 4 is 11.6 Å². The summed E-state index contributed by atoms with van der Waals surface area (Å²) in [5.74, 6) is 0.510. The summed E-state index contributed by atoms with van der Waals surface area (Å²) < 4.78 is 5.66. The maximum Gasteiger partial charge on any atom is 0.251 e. The lowest BCUT2D eigenvalue weighted by Gasteiger charge is -2.13. The van der Waals surface area contributed by atoms with Gasteiger partial charge in [-0.15, -0.1) is 0 Å². The first-order valence-electron chi connectivity index (χ1n) is 7.41. The smallest absolute Gasteiger partial charge is 0.251 e. The second-order valence-corrected chi connectivity index (χ2v) is 5.09. The Morgan fingerprint density at radius 2 is 2.10 bits per heavy atom. The number of ether oxygens (including phenoxy) is 1. The second-order valence-electron chi connectivity index (χ2n) is 5.09. The van der Waals surface area contributed by atoms with Gasteiger partial charge in [0.1, 0.15) is 5.75 Å². The number of amides is 1. The Labute approximate surface area is 121 Å². The van der Waals surface area contributed by atoms with E-state index in [0.29, 0.717) is 23.6 Å². The standard InChI is InChI=1S/C16H26N2O2/c1-4-6-7-10-20-15-11-13(8-9-14(15)17)16(19)18-12(3)5-2/h8-9,11-12H,4-7,10,17H2,1-3H3,(H,18,19). The van der Waals surface area contributed by atoms with E-state index in [1.54, 1.807) is 18.2 Å². The number of rotatable bonds is 8. The molecule has 0 aliphatic carbocycles. The largest absolute Gasteiger partial charge is 0.491 e. The average Bonchev–Trinajstić information content (AvgIpc) is 2.45. The lowest BCUT2D eigenvalue weighted by molar-refractivity contribution is 0.0939. The van der Waals surface area contributed by atoms with Crippen LogP contribution in [0.15, 0.2) is 18.2 Å². The molecule has 20 heavy (non-hydrogen) atoms. The van der Waals surface area contributed by atoms with E-state index >= 15 is 0 Å². The van der Waals surface area contributed by atoms with Crippen molar-refractivity contribution in [2.24, 2.45) is 0 Å². The Morgan fingerprint density at radius 1 is 1.35 bits per heavy atom. The van der Waals surface area contributed by atoms with Gasteiger partial charge in [0.2, 0.25) is 0 Å². The highest BCUT2D eigenvalue weighted by molar-refractivity contribution is 5.95. The Hall–Kier alpha value is -1.71. The summed E-state index contributed by atoms with van der Waals surface area (Å²) in [6.07, 6.45) is 4.19. The van der Waals surface area contributed by atoms with Gasteiger partial charge in [0, 0.05) is 11.6 Å². The lowest BCUT2D eigenvalue weighted by Crippen LogP contribution is -2.31. The minimum Gasteiger partial charge on any atom is -0.491 e. The SMILES string of the molecule is CCCCCOc1cc(C(=O)NC(C)CC)ccc1N. The third-order valence-corrected chi connectivity index (χ3v) is 3.27. The van der Waals surface area contributed by atoms with Crippen LogP contribution in [0.2, 0.25) is 0 Å². The number of nitrogens with two attached hydrogens (primary N) is 1. The zero-order valence-electron chi connectivity index (χ0n) is 12.7. The van der Waals surface area contributed by atoms with Crippen molar-refractivity contribution in [3.63, 3.8) is 0 Å². The number of nitrogens with one attached hydrogen (secondary N) is 1. The van der Waals surface area contributed by atoms with Gasteiger partial charge in [-0.25, -0.2) is 0 Å². The van der Waals surface area contributed by atoms with E-state index in [-0.39, 0.29) is 11.9 Å². The van der Waals surface area contributed by atoms with Crippen molar-refractivity contribution in [1.82, 2.24) is 5.32 Å². The van der Waals surface area contributed by atoms with Gasteiger partial charge >= 0.3 is 0 Å². The van der Waals surface area contributed by atoms with Gasteiger partial charge in [0.25, 0.3) is 5.91 Å². The van der Waals surface area contributed by atoms with Gasteiger partial charge in [-0.3, -0.25) is 4.79 Å². The third-order valence-electron chi connectivity index (χ3n) is 3.27. The molecule has 1 amide bonds. The van der Waals surface area contributed by atoms with Crippen LogP contribution in [-0.4, -0.2) is 18.6 Å². The monoisotopic (exact) mass is 278 g/mol. The number of hydrogen-bond acceptors (Lipinski definition) is 3. The zero-order valence-corrected chi connectivity index (χ0v) is 12.7. The number of carbonyl (C=O) groups excluding carboxylic acids is 1. The summed E-state index contributed by atoms with van der Waals surface area (Å²) >= 11 is 0. The van der Waals surface area contributed by atoms with E-state index in [4.69, 9.17) is 10.5 Å². The molecule has 0 bridgehead atoms. The van der Waals surface area contributed by atoms with E-state index in [1.807, 2.05) is 13.8 Å². The molecule has 4 nitrogen and oxygen atoms in total. The number of hydrogen-bond donors (Lipinski definition) is 2. The van der Waals surface area contributed by atoms with E-state index in [0.717, 1.165) is 25.7 Å². The van der Waals surface area contributed by atoms with Crippen LogP contribution in [0.25, 0.3) is 0 Å². The van der Waals surface area contributed by atoms with Crippen LogP contribution in [0.1, 0.15) is 56.8 Å². The normalized spacial score (nSPS) is 11.9. The molecular formula is C16H26N2O2. The third kappa shape index (κ3) is 5.11. The molecule has 112 valence electrons. The topological polar surface area (TPSA) is 64.3 Å². The highest BCUT2D eigenvalue weighted by Gasteiger charge is 2.11. The number of anilines is 1. The van der Waals surface area contributed by atoms with Crippen LogP contribution >= 0.6 is 0 Å². The quantitative estimate of drug-likeness (QED) is 0.566. The fraction of sp³-hybridized carbons (Fsp3) is 0.562. The number of unbranched alkanes of at least 4 members (excludes halogenated alkanes) is 2. The number of carbonyl (C=O) groups is 1. The van der Waals surface area contributed by atoms with Crippen molar-refractivity contribution in [2.75, 3.05) is 12.3 Å². The molecule has 4 heteroatoms. The highest BCUT2D eigenvalue weighted by Crippen LogP contribution is 2.23. The molecule has 0 aromatic heterocycles. The molecule has 0 spiro atoms. The predicted molar refractivity (Wildman–Crippen MR) is 83.1 cm³/mol. The van der Waals surface area contributed by atoms with E-state index in [1.165, 1.54) is 0 Å². The molecular weight excluding hydrogens is 252 g/mol. The number of nitrogen functional groups attached to an aromatic ring is 1. The van der Waals surface area contributed by atoms with Crippen LogP contribution in [0, 0.1) is 0 Å². The molecule has 0 aliphatic rings. The fourth-order valence-corrected chi connectivity index (χ4v) is 1.74. The molecule has 1 aromatic rings. The molecule has 0 radical (unpaired) electrons. The predicted octanol–water partition coefficient (Wildman–Crippen LogP) is 3.37. The molecule has 1 rings (SSSR count). The van der Waals surface area contributed by atoms with Crippen molar-refractivity contribution in [3.05, 3.63) is 23.8 Å². The van der Waals surface area contributed by atoms with E-state index < -0.39 is 0 Å². The van der Waals surface area contributed by atoms with Crippen molar-refractivity contribution in [3.8, 4) is 5.75 Å². The van der Waals surface area contributed by atoms with Gasteiger partial charge in [-0.1, -0.05) is 26.7 Å². The van der Waals surface area contributed by atoms with E-state index in [2.05, 4.69) is 12.2 Å². The van der Waals surface area contributed by atoms with Crippen LogP contribution in [-0.2, 0) is 0 Å². The molecule has 3 N–H and O–H groups in total. The first-order valence-corrected chi connectivity index (χ1v) is 7.41. The Kier molecular flexibility index (Phi) is 6.91. The van der Waals surface area contributed by atoms with Gasteiger partial charge in [-0.2, -0.15) is 0 Å². The molecule has 0 heterocycles. The fourth-order valence-electron chi connectivity index (χ4n) is 1.74. The van der Waals surface area contributed by atoms with Crippen molar-refractivity contribution < 1.29 is 9.53 Å². The van der Waals surface area contributed by atoms with Crippen molar-refractivity contribution in [2.45, 2.75) is 52.5 Å².